The molecule has 0 aliphatic heterocycles. The lowest BCUT2D eigenvalue weighted by Gasteiger charge is -2.11. The van der Waals surface area contributed by atoms with Crippen LogP contribution in [-0.4, -0.2) is 50.0 Å². The van der Waals surface area contributed by atoms with Crippen LogP contribution in [0.4, 0.5) is 0 Å². The van der Waals surface area contributed by atoms with Gasteiger partial charge in [-0.25, -0.2) is 17.7 Å². The van der Waals surface area contributed by atoms with Gasteiger partial charge in [0.1, 0.15) is 4.90 Å². The zero-order valence-corrected chi connectivity index (χ0v) is 13.4. The molecule has 0 unspecified atom stereocenters. The van der Waals surface area contributed by atoms with Gasteiger partial charge in [-0.3, -0.25) is 4.79 Å². The van der Waals surface area contributed by atoms with Crippen LogP contribution in [0.15, 0.2) is 28.3 Å². The molecule has 7 nitrogen and oxygen atoms in total. The summed E-state index contributed by atoms with van der Waals surface area (Å²) in [5.74, 6) is -0.0277. The minimum Gasteiger partial charge on any atom is -0.354 e. The first-order valence-corrected chi connectivity index (χ1v) is 8.45. The summed E-state index contributed by atoms with van der Waals surface area (Å²) in [7, 11) is -0.592. The van der Waals surface area contributed by atoms with Gasteiger partial charge in [0.05, 0.1) is 23.3 Å². The van der Waals surface area contributed by atoms with Crippen LogP contribution in [0.3, 0.4) is 0 Å². The van der Waals surface area contributed by atoms with Crippen LogP contribution in [0.1, 0.15) is 6.42 Å². The summed E-state index contributed by atoms with van der Waals surface area (Å²) >= 11 is 1.20. The number of carbonyl (C=O) groups excluding carboxylic acids is 1. The molecule has 0 radical (unpaired) electrons. The third-order valence-electron chi connectivity index (χ3n) is 2.40. The van der Waals surface area contributed by atoms with E-state index in [2.05, 4.69) is 10.3 Å². The average Bonchev–Trinajstić information content (AvgIpc) is 2.45. The fourth-order valence-electron chi connectivity index (χ4n) is 1.26. The number of aromatic nitrogens is 1. The Balaban J connectivity index is 2.56. The second-order valence-electron chi connectivity index (χ2n) is 4.17. The molecule has 1 N–H and O–H groups in total. The SMILES string of the molecule is CN(C)S(=O)(=O)c1ccc(SCC(=O)NCCC#N)nc1. The smallest absolute Gasteiger partial charge is 0.244 e. The van der Waals surface area contributed by atoms with Crippen molar-refractivity contribution in [1.29, 1.82) is 5.26 Å². The van der Waals surface area contributed by atoms with Crippen LogP contribution < -0.4 is 5.32 Å². The summed E-state index contributed by atoms with van der Waals surface area (Å²) < 4.78 is 24.8. The minimum absolute atomic E-state index is 0.107. The lowest BCUT2D eigenvalue weighted by Crippen LogP contribution is -2.25. The molecule has 0 atom stereocenters. The van der Waals surface area contributed by atoms with Crippen LogP contribution in [0.2, 0.25) is 0 Å². The van der Waals surface area contributed by atoms with Crippen molar-refractivity contribution in [3.8, 4) is 6.07 Å². The molecule has 0 saturated heterocycles. The number of nitrogens with zero attached hydrogens (tertiary/aromatic N) is 3. The highest BCUT2D eigenvalue weighted by Gasteiger charge is 2.17. The molecule has 1 aromatic rings. The number of hydrogen-bond acceptors (Lipinski definition) is 6. The Kier molecular flexibility index (Phi) is 6.61. The molecule has 0 fully saturated rings. The average molecular weight is 328 g/mol. The van der Waals surface area contributed by atoms with Gasteiger partial charge >= 0.3 is 0 Å². The molecule has 9 heteroatoms. The van der Waals surface area contributed by atoms with E-state index in [1.165, 1.54) is 38.1 Å². The second-order valence-corrected chi connectivity index (χ2v) is 7.31. The first-order chi connectivity index (χ1) is 9.87. The third kappa shape index (κ3) is 5.34. The van der Waals surface area contributed by atoms with Crippen molar-refractivity contribution in [2.24, 2.45) is 0 Å². The van der Waals surface area contributed by atoms with Crippen molar-refractivity contribution < 1.29 is 13.2 Å². The molecule has 0 aliphatic rings. The van der Waals surface area contributed by atoms with Gasteiger partial charge in [0.15, 0.2) is 0 Å². The first kappa shape index (κ1) is 17.4. The highest BCUT2D eigenvalue weighted by molar-refractivity contribution is 7.99. The summed E-state index contributed by atoms with van der Waals surface area (Å²) in [5.41, 5.74) is 0. The molecule has 1 aromatic heterocycles. The Labute approximate surface area is 128 Å². The van der Waals surface area contributed by atoms with Gasteiger partial charge < -0.3 is 5.32 Å². The largest absolute Gasteiger partial charge is 0.354 e. The van der Waals surface area contributed by atoms with Crippen molar-refractivity contribution in [3.05, 3.63) is 18.3 Å². The number of nitrogens with one attached hydrogen (secondary N) is 1. The number of pyridine rings is 1. The lowest BCUT2D eigenvalue weighted by atomic mass is 10.4. The zero-order valence-electron chi connectivity index (χ0n) is 11.7. The predicted molar refractivity (Wildman–Crippen MR) is 79.1 cm³/mol. The quantitative estimate of drug-likeness (QED) is 0.576. The molecule has 0 spiro atoms. The maximum atomic E-state index is 11.8. The van der Waals surface area contributed by atoms with Gasteiger partial charge in [0, 0.05) is 26.8 Å². The highest BCUT2D eigenvalue weighted by Crippen LogP contribution is 2.18. The van der Waals surface area contributed by atoms with Gasteiger partial charge in [-0.05, 0) is 12.1 Å². The van der Waals surface area contributed by atoms with Crippen LogP contribution >= 0.6 is 11.8 Å². The molecule has 0 saturated carbocycles. The number of amides is 1. The molecular weight excluding hydrogens is 312 g/mol. The summed E-state index contributed by atoms with van der Waals surface area (Å²) in [6, 6.07) is 4.95. The summed E-state index contributed by atoms with van der Waals surface area (Å²) in [6.07, 6.45) is 1.54. The van der Waals surface area contributed by atoms with Crippen molar-refractivity contribution in [2.45, 2.75) is 16.3 Å². The highest BCUT2D eigenvalue weighted by atomic mass is 32.2. The number of hydrogen-bond donors (Lipinski definition) is 1. The fraction of sp³-hybridized carbons (Fsp3) is 0.417. The molecule has 0 bridgehead atoms. The molecule has 0 aromatic carbocycles. The normalized spacial score (nSPS) is 11.1. The molecule has 1 heterocycles. The van der Waals surface area contributed by atoms with E-state index in [9.17, 15) is 13.2 Å². The van der Waals surface area contributed by atoms with Gasteiger partial charge in [-0.15, -0.1) is 0 Å². The van der Waals surface area contributed by atoms with Gasteiger partial charge in [-0.2, -0.15) is 5.26 Å². The van der Waals surface area contributed by atoms with Crippen molar-refractivity contribution in [2.75, 3.05) is 26.4 Å². The summed E-state index contributed by atoms with van der Waals surface area (Å²) in [6.45, 7) is 0.323. The molecule has 114 valence electrons. The number of sulfonamides is 1. The van der Waals surface area contributed by atoms with Crippen molar-refractivity contribution in [1.82, 2.24) is 14.6 Å². The number of thioether (sulfide) groups is 1. The molecular formula is C12H16N4O3S2. The van der Waals surface area contributed by atoms with E-state index in [-0.39, 0.29) is 23.0 Å². The van der Waals surface area contributed by atoms with E-state index in [0.29, 0.717) is 11.6 Å². The lowest BCUT2D eigenvalue weighted by molar-refractivity contribution is -0.118. The summed E-state index contributed by atoms with van der Waals surface area (Å²) in [4.78, 5) is 15.6. The van der Waals surface area contributed by atoms with E-state index in [0.717, 1.165) is 4.31 Å². The van der Waals surface area contributed by atoms with E-state index >= 15 is 0 Å². The molecule has 1 rings (SSSR count). The van der Waals surface area contributed by atoms with Crippen molar-refractivity contribution >= 4 is 27.7 Å². The second kappa shape index (κ2) is 7.97. The molecule has 0 aliphatic carbocycles. The van der Waals surface area contributed by atoms with Crippen LogP contribution in [-0.2, 0) is 14.8 Å². The van der Waals surface area contributed by atoms with Crippen LogP contribution in [0, 0.1) is 11.3 Å². The number of carbonyl (C=O) groups is 1. The van der Waals surface area contributed by atoms with Crippen molar-refractivity contribution in [3.63, 3.8) is 0 Å². The van der Waals surface area contributed by atoms with E-state index in [1.807, 2.05) is 6.07 Å². The maximum absolute atomic E-state index is 11.8. The van der Waals surface area contributed by atoms with Crippen LogP contribution in [0.5, 0.6) is 0 Å². The fourth-order valence-corrected chi connectivity index (χ4v) is 2.78. The van der Waals surface area contributed by atoms with E-state index < -0.39 is 10.0 Å². The van der Waals surface area contributed by atoms with Gasteiger partial charge in [-0.1, -0.05) is 11.8 Å². The number of rotatable bonds is 7. The standard InChI is InChI=1S/C12H16N4O3S2/c1-16(2)21(18,19)10-4-5-12(15-8-10)20-9-11(17)14-7-3-6-13/h4-5,8H,3,7,9H2,1-2H3,(H,14,17). The molecule has 21 heavy (non-hydrogen) atoms. The first-order valence-electron chi connectivity index (χ1n) is 6.03. The summed E-state index contributed by atoms with van der Waals surface area (Å²) in [5, 5.41) is 11.5. The predicted octanol–water partition coefficient (Wildman–Crippen LogP) is 0.454. The third-order valence-corrected chi connectivity index (χ3v) is 5.14. The van der Waals surface area contributed by atoms with E-state index in [1.54, 1.807) is 6.07 Å². The number of nitriles is 1. The Morgan fingerprint density at radius 3 is 2.71 bits per heavy atom. The minimum atomic E-state index is -3.49. The molecule has 1 amide bonds. The Bertz CT molecular complexity index is 621. The van der Waals surface area contributed by atoms with E-state index in [4.69, 9.17) is 5.26 Å². The monoisotopic (exact) mass is 328 g/mol. The Morgan fingerprint density at radius 1 is 1.48 bits per heavy atom. The van der Waals surface area contributed by atoms with Gasteiger partial charge in [0.25, 0.3) is 0 Å². The zero-order chi connectivity index (χ0) is 15.9. The maximum Gasteiger partial charge on any atom is 0.244 e. The Morgan fingerprint density at radius 2 is 2.19 bits per heavy atom. The van der Waals surface area contributed by atoms with Crippen LogP contribution in [0.25, 0.3) is 0 Å². The topological polar surface area (TPSA) is 103 Å². The van der Waals surface area contributed by atoms with Gasteiger partial charge in [0.2, 0.25) is 15.9 Å². The Hall–Kier alpha value is -1.63.